The second-order valence-corrected chi connectivity index (χ2v) is 18.1. The van der Waals surface area contributed by atoms with Crippen LogP contribution in [0.5, 0.6) is 0 Å². The Morgan fingerprint density at radius 1 is 0.403 bits per heavy atom. The van der Waals surface area contributed by atoms with E-state index in [1.165, 1.54) is 25.7 Å². The van der Waals surface area contributed by atoms with E-state index in [-0.39, 0.29) is 36.6 Å². The molecule has 4 atom stereocenters. The van der Waals surface area contributed by atoms with Gasteiger partial charge in [-0.05, 0) is 87.9 Å². The number of hydrogen-bond acceptors (Lipinski definition) is 8. The number of carbonyl (C=O) groups excluding carboxylic acids is 2. The molecular formula is C50H94O12. The molecule has 0 saturated heterocycles. The molecule has 0 aromatic rings. The highest BCUT2D eigenvalue weighted by atomic mass is 16.5. The first-order valence-electron chi connectivity index (χ1n) is 24.6. The van der Waals surface area contributed by atoms with Crippen molar-refractivity contribution in [1.82, 2.24) is 0 Å². The molecule has 0 aromatic heterocycles. The summed E-state index contributed by atoms with van der Waals surface area (Å²) in [7, 11) is 0. The van der Waals surface area contributed by atoms with Crippen LogP contribution in [0, 0.1) is 35.5 Å². The fraction of sp³-hybridized carbons (Fsp3) is 0.880. The van der Waals surface area contributed by atoms with Gasteiger partial charge in [0.15, 0.2) is 0 Å². The van der Waals surface area contributed by atoms with E-state index in [1.807, 2.05) is 0 Å². The minimum Gasteiger partial charge on any atom is -0.481 e. The van der Waals surface area contributed by atoms with E-state index >= 15 is 0 Å². The molecule has 12 heteroatoms. The van der Waals surface area contributed by atoms with Crippen molar-refractivity contribution in [2.45, 2.75) is 235 Å². The number of unbranched alkanes of at least 4 members (excludes halogenated alkanes) is 7. The summed E-state index contributed by atoms with van der Waals surface area (Å²) in [4.78, 5) is 66.4. The van der Waals surface area contributed by atoms with E-state index in [0.717, 1.165) is 88.9 Å². The molecule has 4 unspecified atom stereocenters. The third-order valence-corrected chi connectivity index (χ3v) is 11.3. The topological polar surface area (TPSA) is 202 Å². The molecule has 0 saturated carbocycles. The monoisotopic (exact) mass is 887 g/mol. The summed E-state index contributed by atoms with van der Waals surface area (Å²) in [6.07, 6.45) is 23.3. The Balaban J connectivity index is -0.000000866. The van der Waals surface area contributed by atoms with E-state index in [4.69, 9.17) is 29.9 Å². The van der Waals surface area contributed by atoms with Crippen LogP contribution in [0.3, 0.4) is 0 Å². The van der Waals surface area contributed by atoms with Gasteiger partial charge >= 0.3 is 35.8 Å². The fourth-order valence-electron chi connectivity index (χ4n) is 7.17. The van der Waals surface area contributed by atoms with Crippen LogP contribution in [0.2, 0.25) is 0 Å². The number of aliphatic carboxylic acids is 4. The number of esters is 2. The molecule has 12 nitrogen and oxygen atoms in total. The van der Waals surface area contributed by atoms with Gasteiger partial charge in [0.1, 0.15) is 0 Å². The van der Waals surface area contributed by atoms with Gasteiger partial charge in [-0.15, -0.1) is 0 Å². The maximum Gasteiger partial charge on any atom is 0.306 e. The minimum atomic E-state index is -0.850. The zero-order valence-corrected chi connectivity index (χ0v) is 40.7. The first-order chi connectivity index (χ1) is 29.4. The third kappa shape index (κ3) is 46.3. The highest BCUT2D eigenvalue weighted by Gasteiger charge is 2.23. The van der Waals surface area contributed by atoms with Crippen LogP contribution in [-0.2, 0) is 38.2 Å². The molecule has 366 valence electrons. The van der Waals surface area contributed by atoms with E-state index in [1.54, 1.807) is 0 Å². The molecule has 0 aromatic carbocycles. The van der Waals surface area contributed by atoms with Gasteiger partial charge < -0.3 is 29.9 Å². The Kier molecular flexibility index (Phi) is 45.2. The Labute approximate surface area is 377 Å². The van der Waals surface area contributed by atoms with Crippen molar-refractivity contribution >= 4 is 35.8 Å². The van der Waals surface area contributed by atoms with Crippen LogP contribution in [-0.4, -0.2) is 69.5 Å². The van der Waals surface area contributed by atoms with Crippen molar-refractivity contribution in [3.8, 4) is 0 Å². The van der Waals surface area contributed by atoms with Crippen LogP contribution < -0.4 is 0 Å². The van der Waals surface area contributed by atoms with Gasteiger partial charge in [-0.25, -0.2) is 0 Å². The van der Waals surface area contributed by atoms with Gasteiger partial charge in [0.25, 0.3) is 0 Å². The molecular weight excluding hydrogens is 793 g/mol. The SMILES string of the molecule is CC(C)CCCCCOC(=O)CCCCC(=O)OCCCCCC(C)C.CCCCC(CC)CC(CCCC(=O)O)C(=O)O.CCCCC(CC)CC(CCCC(=O)O)C(=O)O. The van der Waals surface area contributed by atoms with Gasteiger partial charge in [0.05, 0.1) is 25.0 Å². The van der Waals surface area contributed by atoms with Gasteiger partial charge in [-0.3, -0.25) is 28.8 Å². The third-order valence-electron chi connectivity index (χ3n) is 11.3. The summed E-state index contributed by atoms with van der Waals surface area (Å²) in [5, 5.41) is 35.4. The summed E-state index contributed by atoms with van der Waals surface area (Å²) in [6.45, 7) is 18.4. The first kappa shape index (κ1) is 63.1. The maximum absolute atomic E-state index is 11.6. The smallest absolute Gasteiger partial charge is 0.306 e. The second-order valence-electron chi connectivity index (χ2n) is 18.1. The van der Waals surface area contributed by atoms with Crippen molar-refractivity contribution in [1.29, 1.82) is 0 Å². The zero-order valence-electron chi connectivity index (χ0n) is 40.7. The Hall–Kier alpha value is -3.18. The van der Waals surface area contributed by atoms with Crippen molar-refractivity contribution in [3.05, 3.63) is 0 Å². The number of carboxylic acids is 4. The number of carbonyl (C=O) groups is 6. The van der Waals surface area contributed by atoms with E-state index in [0.29, 0.717) is 89.3 Å². The van der Waals surface area contributed by atoms with Gasteiger partial charge in [0, 0.05) is 25.7 Å². The number of carboxylic acid groups (broad SMARTS) is 4. The average Bonchev–Trinajstić information content (AvgIpc) is 3.20. The van der Waals surface area contributed by atoms with Crippen LogP contribution in [0.15, 0.2) is 0 Å². The maximum atomic E-state index is 11.6. The van der Waals surface area contributed by atoms with Crippen molar-refractivity contribution in [2.24, 2.45) is 35.5 Å². The highest BCUT2D eigenvalue weighted by molar-refractivity contribution is 5.71. The van der Waals surface area contributed by atoms with Gasteiger partial charge in [-0.1, -0.05) is 145 Å². The highest BCUT2D eigenvalue weighted by Crippen LogP contribution is 2.26. The average molecular weight is 887 g/mol. The largest absolute Gasteiger partial charge is 0.481 e. The van der Waals surface area contributed by atoms with Gasteiger partial charge in [0.2, 0.25) is 0 Å². The minimum absolute atomic E-state index is 0.0650. The second kappa shape index (κ2) is 44.4. The fourth-order valence-corrected chi connectivity index (χ4v) is 7.17. The Bertz CT molecular complexity index is 1040. The molecule has 0 aliphatic carbocycles. The molecule has 0 aliphatic heterocycles. The summed E-state index contributed by atoms with van der Waals surface area (Å²) in [5.74, 6) is -1.92. The molecule has 0 rings (SSSR count). The van der Waals surface area contributed by atoms with Crippen molar-refractivity contribution in [3.63, 3.8) is 0 Å². The molecule has 0 aliphatic rings. The Morgan fingerprint density at radius 3 is 1.03 bits per heavy atom. The van der Waals surface area contributed by atoms with Crippen LogP contribution >= 0.6 is 0 Å². The zero-order chi connectivity index (χ0) is 47.6. The van der Waals surface area contributed by atoms with Crippen molar-refractivity contribution in [2.75, 3.05) is 13.2 Å². The molecule has 0 radical (unpaired) electrons. The lowest BCUT2D eigenvalue weighted by molar-refractivity contribution is -0.146. The molecule has 0 spiro atoms. The van der Waals surface area contributed by atoms with Crippen LogP contribution in [0.4, 0.5) is 0 Å². The summed E-state index contributed by atoms with van der Waals surface area (Å²) in [6, 6.07) is 0. The van der Waals surface area contributed by atoms with E-state index < -0.39 is 23.9 Å². The number of hydrogen-bond donors (Lipinski definition) is 4. The molecule has 0 amide bonds. The van der Waals surface area contributed by atoms with E-state index in [2.05, 4.69) is 55.4 Å². The number of rotatable bonds is 39. The molecule has 0 heterocycles. The van der Waals surface area contributed by atoms with E-state index in [9.17, 15) is 28.8 Å². The predicted octanol–water partition coefficient (Wildman–Crippen LogP) is 13.2. The van der Waals surface area contributed by atoms with Crippen LogP contribution in [0.25, 0.3) is 0 Å². The molecule has 0 fully saturated rings. The quantitative estimate of drug-likeness (QED) is 0.0336. The first-order valence-corrected chi connectivity index (χ1v) is 24.6. The standard InChI is InChI=1S/C22H42O4.2C14H26O4/c1-19(2)13-7-5-11-17-25-21(23)15-9-10-16-22(24)26-18-12-6-8-14-20(3)4;2*1-3-5-7-11(4-2)10-12(14(17)18)8-6-9-13(15)16/h19-20H,5-18H2,1-4H3;2*11-12H,3-10H2,1-2H3,(H,15,16)(H,17,18). The van der Waals surface area contributed by atoms with Gasteiger partial charge in [-0.2, -0.15) is 0 Å². The van der Waals surface area contributed by atoms with Crippen molar-refractivity contribution < 1.29 is 58.7 Å². The molecule has 4 N–H and O–H groups in total. The predicted molar refractivity (Wildman–Crippen MR) is 248 cm³/mol. The summed E-state index contributed by atoms with van der Waals surface area (Å²) in [5.41, 5.74) is 0. The lowest BCUT2D eigenvalue weighted by atomic mass is 9.86. The summed E-state index contributed by atoms with van der Waals surface area (Å²) < 4.78 is 10.4. The lowest BCUT2D eigenvalue weighted by Gasteiger charge is -2.19. The van der Waals surface area contributed by atoms with Crippen LogP contribution in [0.1, 0.15) is 235 Å². The molecule has 62 heavy (non-hydrogen) atoms. The lowest BCUT2D eigenvalue weighted by Crippen LogP contribution is -2.18. The Morgan fingerprint density at radius 2 is 0.758 bits per heavy atom. The molecule has 0 bridgehead atoms. The summed E-state index contributed by atoms with van der Waals surface area (Å²) >= 11 is 0. The number of ether oxygens (including phenoxy) is 2. The normalized spacial score (nSPS) is 12.9.